The van der Waals surface area contributed by atoms with Gasteiger partial charge in [0.2, 0.25) is 10.0 Å². The molecule has 5 nitrogen and oxygen atoms in total. The number of sulfonamides is 1. The fourth-order valence-electron chi connectivity index (χ4n) is 1.49. The third kappa shape index (κ3) is 3.54. The number of esters is 1. The SMILES string of the molecule is CCOC(=O)C(C)NS(=O)(=O)c1cc(C)sc1C. The lowest BCUT2D eigenvalue weighted by Gasteiger charge is -2.12. The number of carbonyl (C=O) groups excluding carboxylic acids is 1. The molecule has 1 rings (SSSR count). The van der Waals surface area contributed by atoms with Gasteiger partial charge in [0.1, 0.15) is 6.04 Å². The summed E-state index contributed by atoms with van der Waals surface area (Å²) in [6.07, 6.45) is 0. The van der Waals surface area contributed by atoms with E-state index in [9.17, 15) is 13.2 Å². The third-order valence-electron chi connectivity index (χ3n) is 2.26. The molecule has 0 amide bonds. The summed E-state index contributed by atoms with van der Waals surface area (Å²) < 4.78 is 31.2. The van der Waals surface area contributed by atoms with E-state index >= 15 is 0 Å². The van der Waals surface area contributed by atoms with Gasteiger partial charge in [-0.3, -0.25) is 4.79 Å². The topological polar surface area (TPSA) is 72.5 Å². The summed E-state index contributed by atoms with van der Waals surface area (Å²) in [7, 11) is -3.67. The van der Waals surface area contributed by atoms with Gasteiger partial charge in [0, 0.05) is 9.75 Å². The summed E-state index contributed by atoms with van der Waals surface area (Å²) in [5.74, 6) is -0.578. The van der Waals surface area contributed by atoms with Gasteiger partial charge in [0.15, 0.2) is 0 Å². The fourth-order valence-corrected chi connectivity index (χ4v) is 4.23. The van der Waals surface area contributed by atoms with Gasteiger partial charge < -0.3 is 4.74 Å². The van der Waals surface area contributed by atoms with Crippen LogP contribution in [0.25, 0.3) is 0 Å². The molecule has 18 heavy (non-hydrogen) atoms. The molecule has 1 unspecified atom stereocenters. The Morgan fingerprint density at radius 1 is 1.50 bits per heavy atom. The van der Waals surface area contributed by atoms with Crippen molar-refractivity contribution in [1.82, 2.24) is 4.72 Å². The van der Waals surface area contributed by atoms with Gasteiger partial charge in [-0.05, 0) is 33.8 Å². The summed E-state index contributed by atoms with van der Waals surface area (Å²) in [5.41, 5.74) is 0. The van der Waals surface area contributed by atoms with Crippen molar-refractivity contribution in [2.45, 2.75) is 38.6 Å². The lowest BCUT2D eigenvalue weighted by molar-refractivity contribution is -0.144. The lowest BCUT2D eigenvalue weighted by Crippen LogP contribution is -2.39. The molecule has 0 radical (unpaired) electrons. The summed E-state index contributed by atoms with van der Waals surface area (Å²) in [4.78, 5) is 13.2. The number of hydrogen-bond acceptors (Lipinski definition) is 5. The Kier molecular flexibility index (Phi) is 4.89. The predicted molar refractivity (Wildman–Crippen MR) is 70.2 cm³/mol. The van der Waals surface area contributed by atoms with Gasteiger partial charge in [-0.2, -0.15) is 4.72 Å². The van der Waals surface area contributed by atoms with Crippen LogP contribution >= 0.6 is 11.3 Å². The second kappa shape index (κ2) is 5.81. The van der Waals surface area contributed by atoms with Gasteiger partial charge in [-0.1, -0.05) is 0 Å². The molecule has 0 aromatic carbocycles. The van der Waals surface area contributed by atoms with E-state index in [0.717, 1.165) is 4.88 Å². The average molecular weight is 291 g/mol. The van der Waals surface area contributed by atoms with Crippen LogP contribution in [0.15, 0.2) is 11.0 Å². The molecule has 1 heterocycles. The zero-order valence-electron chi connectivity index (χ0n) is 10.8. The smallest absolute Gasteiger partial charge is 0.323 e. The molecule has 0 bridgehead atoms. The summed E-state index contributed by atoms with van der Waals surface area (Å²) in [6, 6.07) is 0.703. The largest absolute Gasteiger partial charge is 0.465 e. The first kappa shape index (κ1) is 15.1. The number of nitrogens with one attached hydrogen (secondary N) is 1. The van der Waals surface area contributed by atoms with Crippen LogP contribution in [0.4, 0.5) is 0 Å². The maximum Gasteiger partial charge on any atom is 0.323 e. The molecule has 0 aliphatic carbocycles. The molecule has 0 saturated carbocycles. The van der Waals surface area contributed by atoms with Gasteiger partial charge in [0.05, 0.1) is 11.5 Å². The fraction of sp³-hybridized carbons (Fsp3) is 0.545. The molecule has 0 fully saturated rings. The van der Waals surface area contributed by atoms with Gasteiger partial charge in [-0.15, -0.1) is 11.3 Å². The van der Waals surface area contributed by atoms with Gasteiger partial charge >= 0.3 is 5.97 Å². The first-order chi connectivity index (χ1) is 8.27. The van der Waals surface area contributed by atoms with Crippen molar-refractivity contribution in [2.75, 3.05) is 6.61 Å². The number of carbonyl (C=O) groups is 1. The second-order valence-electron chi connectivity index (χ2n) is 3.87. The molecular weight excluding hydrogens is 274 g/mol. The molecule has 0 spiro atoms. The van der Waals surface area contributed by atoms with Crippen molar-refractivity contribution in [3.8, 4) is 0 Å². The normalized spacial score (nSPS) is 13.3. The second-order valence-corrected chi connectivity index (χ2v) is 7.02. The first-order valence-corrected chi connectivity index (χ1v) is 7.84. The summed E-state index contributed by atoms with van der Waals surface area (Å²) in [6.45, 7) is 6.93. The monoisotopic (exact) mass is 291 g/mol. The van der Waals surface area contributed by atoms with E-state index < -0.39 is 22.0 Å². The van der Waals surface area contributed by atoms with Crippen LogP contribution in [0, 0.1) is 13.8 Å². The Labute approximate surface area is 111 Å². The van der Waals surface area contributed by atoms with Gasteiger partial charge in [-0.25, -0.2) is 8.42 Å². The molecule has 0 aliphatic heterocycles. The van der Waals surface area contributed by atoms with Crippen molar-refractivity contribution in [1.29, 1.82) is 0 Å². The molecule has 0 aliphatic rings. The van der Waals surface area contributed by atoms with Crippen molar-refractivity contribution in [2.24, 2.45) is 0 Å². The highest BCUT2D eigenvalue weighted by Gasteiger charge is 2.25. The molecule has 102 valence electrons. The number of aryl methyl sites for hydroxylation is 2. The Bertz CT molecular complexity index is 533. The average Bonchev–Trinajstić information content (AvgIpc) is 2.58. The van der Waals surface area contributed by atoms with Crippen molar-refractivity contribution in [3.05, 3.63) is 15.8 Å². The molecule has 7 heteroatoms. The minimum atomic E-state index is -3.67. The van der Waals surface area contributed by atoms with Crippen LogP contribution < -0.4 is 4.72 Å². The highest BCUT2D eigenvalue weighted by atomic mass is 32.2. The van der Waals surface area contributed by atoms with E-state index in [0.29, 0.717) is 4.88 Å². The van der Waals surface area contributed by atoms with E-state index in [1.807, 2.05) is 6.92 Å². The van der Waals surface area contributed by atoms with Crippen LogP contribution in [0.5, 0.6) is 0 Å². The zero-order valence-corrected chi connectivity index (χ0v) is 12.4. The maximum atomic E-state index is 12.1. The molecule has 0 saturated heterocycles. The minimum Gasteiger partial charge on any atom is -0.465 e. The molecular formula is C11H17NO4S2. The predicted octanol–water partition coefficient (Wildman–Crippen LogP) is 1.59. The molecule has 1 aromatic rings. The highest BCUT2D eigenvalue weighted by molar-refractivity contribution is 7.89. The van der Waals surface area contributed by atoms with E-state index in [-0.39, 0.29) is 11.5 Å². The maximum absolute atomic E-state index is 12.1. The third-order valence-corrected chi connectivity index (χ3v) is 5.02. The highest BCUT2D eigenvalue weighted by Crippen LogP contribution is 2.24. The Morgan fingerprint density at radius 3 is 2.56 bits per heavy atom. The van der Waals surface area contributed by atoms with E-state index in [1.165, 1.54) is 18.3 Å². The van der Waals surface area contributed by atoms with E-state index in [2.05, 4.69) is 4.72 Å². The first-order valence-electron chi connectivity index (χ1n) is 5.54. The van der Waals surface area contributed by atoms with E-state index in [1.54, 1.807) is 19.9 Å². The quantitative estimate of drug-likeness (QED) is 0.836. The van der Waals surface area contributed by atoms with Crippen molar-refractivity contribution in [3.63, 3.8) is 0 Å². The van der Waals surface area contributed by atoms with Crippen LogP contribution in [0.3, 0.4) is 0 Å². The van der Waals surface area contributed by atoms with Crippen LogP contribution in [0.1, 0.15) is 23.6 Å². The minimum absolute atomic E-state index is 0.223. The number of ether oxygens (including phenoxy) is 1. The van der Waals surface area contributed by atoms with Crippen molar-refractivity contribution >= 4 is 27.3 Å². The number of rotatable bonds is 5. The molecule has 1 atom stereocenters. The van der Waals surface area contributed by atoms with Crippen LogP contribution in [-0.2, 0) is 19.6 Å². The Morgan fingerprint density at radius 2 is 2.11 bits per heavy atom. The zero-order chi connectivity index (χ0) is 13.9. The standard InChI is InChI=1S/C11H17NO4S2/c1-5-16-11(13)8(3)12-18(14,15)10-6-7(2)17-9(10)4/h6,8,12H,5H2,1-4H3. The Balaban J connectivity index is 2.89. The van der Waals surface area contributed by atoms with Crippen LogP contribution in [-0.4, -0.2) is 27.0 Å². The lowest BCUT2D eigenvalue weighted by atomic mass is 10.4. The summed E-state index contributed by atoms with van der Waals surface area (Å²) in [5, 5.41) is 0. The van der Waals surface area contributed by atoms with Crippen LogP contribution in [0.2, 0.25) is 0 Å². The number of thiophene rings is 1. The Hall–Kier alpha value is -0.920. The summed E-state index contributed by atoms with van der Waals surface area (Å²) >= 11 is 1.41. The van der Waals surface area contributed by atoms with Gasteiger partial charge in [0.25, 0.3) is 0 Å². The van der Waals surface area contributed by atoms with Crippen molar-refractivity contribution < 1.29 is 17.9 Å². The van der Waals surface area contributed by atoms with E-state index in [4.69, 9.17) is 4.74 Å². The molecule has 1 aromatic heterocycles. The molecule has 1 N–H and O–H groups in total. The number of hydrogen-bond donors (Lipinski definition) is 1.